The van der Waals surface area contributed by atoms with Gasteiger partial charge in [0, 0.05) is 31.6 Å². The summed E-state index contributed by atoms with van der Waals surface area (Å²) in [7, 11) is 0. The average Bonchev–Trinajstić information content (AvgIpc) is 3.17. The summed E-state index contributed by atoms with van der Waals surface area (Å²) >= 11 is 0. The minimum Gasteiger partial charge on any atom is -0.481 e. The maximum Gasteiger partial charge on any atom is 0.407 e. The van der Waals surface area contributed by atoms with Crippen molar-refractivity contribution >= 4 is 12.1 Å². The lowest BCUT2D eigenvalue weighted by Gasteiger charge is -2.38. The fourth-order valence-electron chi connectivity index (χ4n) is 3.09. The van der Waals surface area contributed by atoms with Crippen LogP contribution in [-0.4, -0.2) is 52.8 Å². The van der Waals surface area contributed by atoms with Crippen LogP contribution in [0.5, 0.6) is 0 Å². The molecule has 0 bridgehead atoms. The van der Waals surface area contributed by atoms with E-state index in [1.165, 1.54) is 12.8 Å². The predicted octanol–water partition coefficient (Wildman–Crippen LogP) is 2.23. The predicted molar refractivity (Wildman–Crippen MR) is 82.7 cm³/mol. The third-order valence-electron chi connectivity index (χ3n) is 4.12. The molecular weight excluding hydrogens is 284 g/mol. The van der Waals surface area contributed by atoms with E-state index in [0.717, 1.165) is 19.5 Å². The third kappa shape index (κ3) is 5.83. The highest BCUT2D eigenvalue weighted by atomic mass is 16.6. The molecule has 1 saturated carbocycles. The molecule has 2 unspecified atom stereocenters. The molecule has 1 saturated heterocycles. The van der Waals surface area contributed by atoms with Crippen LogP contribution >= 0.6 is 0 Å². The highest BCUT2D eigenvalue weighted by Gasteiger charge is 2.37. The molecule has 0 aromatic heterocycles. The number of nitrogens with one attached hydrogen (secondary N) is 1. The van der Waals surface area contributed by atoms with Gasteiger partial charge in [0.1, 0.15) is 5.60 Å². The number of carboxylic acid groups (broad SMARTS) is 1. The summed E-state index contributed by atoms with van der Waals surface area (Å²) in [6.07, 6.45) is 3.74. The Bertz CT molecular complexity index is 415. The Morgan fingerprint density at radius 2 is 1.95 bits per heavy atom. The second-order valence-corrected chi connectivity index (χ2v) is 7.56. The number of carboxylic acids is 1. The molecule has 0 spiro atoms. The monoisotopic (exact) mass is 312 g/mol. The number of hydrogen-bond acceptors (Lipinski definition) is 4. The van der Waals surface area contributed by atoms with E-state index in [1.807, 2.05) is 20.8 Å². The van der Waals surface area contributed by atoms with Crippen LogP contribution in [0.15, 0.2) is 0 Å². The Hall–Kier alpha value is -1.30. The second kappa shape index (κ2) is 6.86. The first kappa shape index (κ1) is 17.1. The van der Waals surface area contributed by atoms with Crippen molar-refractivity contribution in [2.24, 2.45) is 5.92 Å². The van der Waals surface area contributed by atoms with Crippen molar-refractivity contribution in [3.05, 3.63) is 0 Å². The summed E-state index contributed by atoms with van der Waals surface area (Å²) in [5.41, 5.74) is -0.502. The number of alkyl carbamates (subject to hydrolysis) is 1. The zero-order valence-electron chi connectivity index (χ0n) is 13.8. The molecule has 1 aliphatic carbocycles. The highest BCUT2D eigenvalue weighted by Crippen LogP contribution is 2.32. The van der Waals surface area contributed by atoms with Crippen LogP contribution in [0.1, 0.15) is 52.9 Å². The number of rotatable bonds is 5. The first-order chi connectivity index (χ1) is 10.2. The van der Waals surface area contributed by atoms with Gasteiger partial charge in [0.05, 0.1) is 0 Å². The number of aliphatic carboxylic acids is 1. The van der Waals surface area contributed by atoms with E-state index in [4.69, 9.17) is 9.84 Å². The van der Waals surface area contributed by atoms with Crippen molar-refractivity contribution in [3.63, 3.8) is 0 Å². The molecule has 0 aromatic carbocycles. The molecule has 1 amide bonds. The van der Waals surface area contributed by atoms with Gasteiger partial charge in [-0.2, -0.15) is 0 Å². The number of piperidine rings is 1. The Labute approximate surface area is 132 Å². The van der Waals surface area contributed by atoms with Crippen molar-refractivity contribution in [1.29, 1.82) is 0 Å². The first-order valence-electron chi connectivity index (χ1n) is 8.18. The van der Waals surface area contributed by atoms with E-state index in [9.17, 15) is 9.59 Å². The third-order valence-corrected chi connectivity index (χ3v) is 4.12. The zero-order chi connectivity index (χ0) is 16.3. The number of carbonyl (C=O) groups is 2. The summed E-state index contributed by atoms with van der Waals surface area (Å²) in [6, 6.07) is 0.665. The molecule has 2 fully saturated rings. The summed E-state index contributed by atoms with van der Waals surface area (Å²) in [5.74, 6) is -0.425. The van der Waals surface area contributed by atoms with Crippen LogP contribution in [0.25, 0.3) is 0 Å². The Balaban J connectivity index is 1.88. The fourth-order valence-corrected chi connectivity index (χ4v) is 3.09. The van der Waals surface area contributed by atoms with Gasteiger partial charge in [-0.15, -0.1) is 0 Å². The quantitative estimate of drug-likeness (QED) is 0.814. The van der Waals surface area contributed by atoms with Crippen LogP contribution in [0.4, 0.5) is 4.79 Å². The molecule has 22 heavy (non-hydrogen) atoms. The van der Waals surface area contributed by atoms with E-state index in [2.05, 4.69) is 10.2 Å². The normalized spacial score (nSPS) is 26.5. The molecule has 2 aliphatic rings. The average molecular weight is 312 g/mol. The molecule has 0 radical (unpaired) electrons. The summed E-state index contributed by atoms with van der Waals surface area (Å²) in [5, 5.41) is 11.8. The van der Waals surface area contributed by atoms with Gasteiger partial charge < -0.3 is 15.2 Å². The van der Waals surface area contributed by atoms with E-state index in [0.29, 0.717) is 18.4 Å². The van der Waals surface area contributed by atoms with Crippen molar-refractivity contribution in [3.8, 4) is 0 Å². The molecule has 2 rings (SSSR count). The van der Waals surface area contributed by atoms with Crippen LogP contribution in [0, 0.1) is 5.92 Å². The van der Waals surface area contributed by atoms with Gasteiger partial charge in [0.15, 0.2) is 0 Å². The van der Waals surface area contributed by atoms with Gasteiger partial charge in [-0.05, 0) is 52.4 Å². The van der Waals surface area contributed by atoms with Gasteiger partial charge >= 0.3 is 12.1 Å². The SMILES string of the molecule is CC(C)(C)OC(=O)NC1CC(CCC(=O)O)CN(C2CC2)C1. The fraction of sp³-hybridized carbons (Fsp3) is 0.875. The van der Waals surface area contributed by atoms with Gasteiger partial charge in [0.2, 0.25) is 0 Å². The van der Waals surface area contributed by atoms with Crippen molar-refractivity contribution in [2.75, 3.05) is 13.1 Å². The van der Waals surface area contributed by atoms with E-state index >= 15 is 0 Å². The maximum atomic E-state index is 11.9. The smallest absolute Gasteiger partial charge is 0.407 e. The lowest BCUT2D eigenvalue weighted by molar-refractivity contribution is -0.137. The molecule has 2 N–H and O–H groups in total. The molecule has 2 atom stereocenters. The minimum atomic E-state index is -0.750. The number of amides is 1. The topological polar surface area (TPSA) is 78.9 Å². The van der Waals surface area contributed by atoms with Crippen LogP contribution in [0.3, 0.4) is 0 Å². The minimum absolute atomic E-state index is 0.0444. The van der Waals surface area contributed by atoms with Gasteiger partial charge in [0.25, 0.3) is 0 Å². The molecule has 0 aromatic rings. The van der Waals surface area contributed by atoms with Crippen LogP contribution in [-0.2, 0) is 9.53 Å². The van der Waals surface area contributed by atoms with Crippen LogP contribution in [0.2, 0.25) is 0 Å². The molecule has 1 heterocycles. The number of likely N-dealkylation sites (tertiary alicyclic amines) is 1. The number of hydrogen-bond donors (Lipinski definition) is 2. The number of carbonyl (C=O) groups excluding carboxylic acids is 1. The molecule has 6 heteroatoms. The van der Waals surface area contributed by atoms with Crippen LogP contribution < -0.4 is 5.32 Å². The second-order valence-electron chi connectivity index (χ2n) is 7.56. The summed E-state index contributed by atoms with van der Waals surface area (Å²) in [4.78, 5) is 25.1. The molecule has 1 aliphatic heterocycles. The summed E-state index contributed by atoms with van der Waals surface area (Å²) < 4.78 is 5.32. The lowest BCUT2D eigenvalue weighted by Crippen LogP contribution is -2.52. The molecule has 126 valence electrons. The Kier molecular flexibility index (Phi) is 5.32. The standard InChI is InChI=1S/C16H28N2O4/c1-16(2,3)22-15(21)17-12-8-11(4-7-14(19)20)9-18(10-12)13-5-6-13/h11-13H,4-10H2,1-3H3,(H,17,21)(H,19,20). The molecular formula is C16H28N2O4. The van der Waals surface area contributed by atoms with E-state index in [-0.39, 0.29) is 18.6 Å². The highest BCUT2D eigenvalue weighted by molar-refractivity contribution is 5.68. The number of ether oxygens (including phenoxy) is 1. The van der Waals surface area contributed by atoms with Crippen molar-refractivity contribution in [1.82, 2.24) is 10.2 Å². The van der Waals surface area contributed by atoms with Crippen molar-refractivity contribution in [2.45, 2.75) is 70.6 Å². The Morgan fingerprint density at radius 1 is 1.27 bits per heavy atom. The Morgan fingerprint density at radius 3 is 2.50 bits per heavy atom. The molecule has 6 nitrogen and oxygen atoms in total. The van der Waals surface area contributed by atoms with E-state index in [1.54, 1.807) is 0 Å². The van der Waals surface area contributed by atoms with Gasteiger partial charge in [-0.25, -0.2) is 4.79 Å². The zero-order valence-corrected chi connectivity index (χ0v) is 13.8. The summed E-state index contributed by atoms with van der Waals surface area (Å²) in [6.45, 7) is 7.33. The van der Waals surface area contributed by atoms with Gasteiger partial charge in [-0.1, -0.05) is 0 Å². The first-order valence-corrected chi connectivity index (χ1v) is 8.18. The van der Waals surface area contributed by atoms with Gasteiger partial charge in [-0.3, -0.25) is 9.69 Å². The van der Waals surface area contributed by atoms with E-state index < -0.39 is 11.6 Å². The lowest BCUT2D eigenvalue weighted by atomic mass is 9.90. The maximum absolute atomic E-state index is 11.9. The van der Waals surface area contributed by atoms with Crippen molar-refractivity contribution < 1.29 is 19.4 Å². The largest absolute Gasteiger partial charge is 0.481 e. The number of nitrogens with zero attached hydrogens (tertiary/aromatic N) is 1.